The first-order valence-corrected chi connectivity index (χ1v) is 6.28. The van der Waals surface area contributed by atoms with Gasteiger partial charge in [-0.15, -0.1) is 0 Å². The third kappa shape index (κ3) is 3.36. The number of aliphatic hydroxyl groups excluding tert-OH is 1. The van der Waals surface area contributed by atoms with E-state index >= 15 is 0 Å². The van der Waals surface area contributed by atoms with Crippen LogP contribution in [0.25, 0.3) is 0 Å². The van der Waals surface area contributed by atoms with Crippen LogP contribution >= 0.6 is 0 Å². The number of nitrogens with zero attached hydrogens (tertiary/aromatic N) is 1. The number of pyridine rings is 1. The summed E-state index contributed by atoms with van der Waals surface area (Å²) in [4.78, 5) is 16.1. The first-order valence-electron chi connectivity index (χ1n) is 6.28. The maximum atomic E-state index is 12.0. The van der Waals surface area contributed by atoms with E-state index in [1.807, 2.05) is 6.92 Å². The lowest BCUT2D eigenvalue weighted by atomic mass is 10.2. The standard InChI is InChI=1S/C14H16N2O4/c1-2-19-13-6-5-10(8-15-13)14(18)16-11(9-17)12-4-3-7-20-12/h3-8,11,17H,2,9H2,1H3,(H,16,18). The van der Waals surface area contributed by atoms with Gasteiger partial charge < -0.3 is 19.6 Å². The summed E-state index contributed by atoms with van der Waals surface area (Å²) in [6.07, 6.45) is 2.92. The second-order valence-corrected chi connectivity index (χ2v) is 4.04. The number of hydrogen-bond donors (Lipinski definition) is 2. The Balaban J connectivity index is 2.03. The topological polar surface area (TPSA) is 84.6 Å². The molecule has 2 rings (SSSR count). The molecule has 0 aliphatic carbocycles. The van der Waals surface area contributed by atoms with Gasteiger partial charge in [-0.25, -0.2) is 4.98 Å². The lowest BCUT2D eigenvalue weighted by Crippen LogP contribution is -2.30. The zero-order valence-corrected chi connectivity index (χ0v) is 11.1. The van der Waals surface area contributed by atoms with E-state index in [-0.39, 0.29) is 12.5 Å². The van der Waals surface area contributed by atoms with Crippen LogP contribution in [-0.2, 0) is 0 Å². The zero-order valence-electron chi connectivity index (χ0n) is 11.1. The summed E-state index contributed by atoms with van der Waals surface area (Å²) in [5.74, 6) is 0.629. The number of hydrogen-bond acceptors (Lipinski definition) is 5. The van der Waals surface area contributed by atoms with Gasteiger partial charge in [0, 0.05) is 12.3 Å². The molecule has 6 heteroatoms. The van der Waals surface area contributed by atoms with Gasteiger partial charge in [-0.2, -0.15) is 0 Å². The highest BCUT2D eigenvalue weighted by Gasteiger charge is 2.17. The number of ether oxygens (including phenoxy) is 1. The van der Waals surface area contributed by atoms with Crippen molar-refractivity contribution in [2.75, 3.05) is 13.2 Å². The fourth-order valence-corrected chi connectivity index (χ4v) is 1.69. The number of rotatable bonds is 6. The fraction of sp³-hybridized carbons (Fsp3) is 0.286. The van der Waals surface area contributed by atoms with Crippen molar-refractivity contribution in [3.63, 3.8) is 0 Å². The normalized spacial score (nSPS) is 11.9. The summed E-state index contributed by atoms with van der Waals surface area (Å²) >= 11 is 0. The minimum absolute atomic E-state index is 0.246. The molecule has 0 spiro atoms. The fourth-order valence-electron chi connectivity index (χ4n) is 1.69. The summed E-state index contributed by atoms with van der Waals surface area (Å²) in [6, 6.07) is 6.05. The maximum absolute atomic E-state index is 12.0. The van der Waals surface area contributed by atoms with Crippen molar-refractivity contribution in [1.29, 1.82) is 0 Å². The van der Waals surface area contributed by atoms with E-state index in [9.17, 15) is 9.90 Å². The smallest absolute Gasteiger partial charge is 0.253 e. The molecule has 1 unspecified atom stereocenters. The summed E-state index contributed by atoms with van der Waals surface area (Å²) in [6.45, 7) is 2.13. The number of carbonyl (C=O) groups is 1. The molecule has 2 aromatic heterocycles. The van der Waals surface area contributed by atoms with Crippen LogP contribution in [0.5, 0.6) is 5.88 Å². The second kappa shape index (κ2) is 6.72. The SMILES string of the molecule is CCOc1ccc(C(=O)NC(CO)c2ccco2)cn1. The Morgan fingerprint density at radius 3 is 2.90 bits per heavy atom. The number of aliphatic hydroxyl groups is 1. The molecule has 0 radical (unpaired) electrons. The molecule has 2 heterocycles. The summed E-state index contributed by atoms with van der Waals surface area (Å²) in [7, 11) is 0. The molecule has 0 fully saturated rings. The molecule has 106 valence electrons. The van der Waals surface area contributed by atoms with Crippen LogP contribution in [0.2, 0.25) is 0 Å². The van der Waals surface area contributed by atoms with Gasteiger partial charge in [-0.1, -0.05) is 0 Å². The predicted octanol–water partition coefficient (Wildman–Crippen LogP) is 1.54. The molecule has 0 aliphatic heterocycles. The minimum Gasteiger partial charge on any atom is -0.478 e. The average molecular weight is 276 g/mol. The third-order valence-corrected chi connectivity index (χ3v) is 2.67. The molecule has 2 N–H and O–H groups in total. The molecule has 0 saturated heterocycles. The number of carbonyl (C=O) groups excluding carboxylic acids is 1. The van der Waals surface area contributed by atoms with Gasteiger partial charge in [0.25, 0.3) is 5.91 Å². The van der Waals surface area contributed by atoms with E-state index in [1.54, 1.807) is 24.3 Å². The van der Waals surface area contributed by atoms with Crippen molar-refractivity contribution in [2.45, 2.75) is 13.0 Å². The van der Waals surface area contributed by atoms with Crippen molar-refractivity contribution >= 4 is 5.91 Å². The molecule has 1 atom stereocenters. The van der Waals surface area contributed by atoms with Crippen LogP contribution < -0.4 is 10.1 Å². The largest absolute Gasteiger partial charge is 0.478 e. The zero-order chi connectivity index (χ0) is 14.4. The van der Waals surface area contributed by atoms with Gasteiger partial charge in [0.15, 0.2) is 0 Å². The highest BCUT2D eigenvalue weighted by atomic mass is 16.5. The van der Waals surface area contributed by atoms with Crippen molar-refractivity contribution in [3.05, 3.63) is 48.0 Å². The van der Waals surface area contributed by atoms with E-state index in [0.717, 1.165) is 0 Å². The first kappa shape index (κ1) is 14.1. The number of amides is 1. The molecular formula is C14H16N2O4. The quantitative estimate of drug-likeness (QED) is 0.836. The Hall–Kier alpha value is -2.34. The maximum Gasteiger partial charge on any atom is 0.253 e. The van der Waals surface area contributed by atoms with Crippen LogP contribution in [-0.4, -0.2) is 29.2 Å². The van der Waals surface area contributed by atoms with Gasteiger partial charge in [-0.3, -0.25) is 4.79 Å². The van der Waals surface area contributed by atoms with E-state index < -0.39 is 6.04 Å². The van der Waals surface area contributed by atoms with Crippen molar-refractivity contribution in [2.24, 2.45) is 0 Å². The van der Waals surface area contributed by atoms with Crippen molar-refractivity contribution in [1.82, 2.24) is 10.3 Å². The van der Waals surface area contributed by atoms with Gasteiger partial charge >= 0.3 is 0 Å². The predicted molar refractivity (Wildman–Crippen MR) is 71.4 cm³/mol. The minimum atomic E-state index is -0.580. The van der Waals surface area contributed by atoms with Crippen LogP contribution in [0.4, 0.5) is 0 Å². The summed E-state index contributed by atoms with van der Waals surface area (Å²) < 4.78 is 10.4. The number of nitrogens with one attached hydrogen (secondary N) is 1. The lowest BCUT2D eigenvalue weighted by Gasteiger charge is -2.13. The Bertz CT molecular complexity index is 537. The van der Waals surface area contributed by atoms with Crippen molar-refractivity contribution < 1.29 is 19.1 Å². The molecule has 0 bridgehead atoms. The summed E-state index contributed by atoms with van der Waals surface area (Å²) in [5.41, 5.74) is 0.387. The first-order chi connectivity index (χ1) is 9.74. The molecule has 0 aromatic carbocycles. The number of aromatic nitrogens is 1. The average Bonchev–Trinajstić information content (AvgIpc) is 2.99. The van der Waals surface area contributed by atoms with E-state index in [4.69, 9.17) is 9.15 Å². The van der Waals surface area contributed by atoms with Gasteiger partial charge in [0.2, 0.25) is 5.88 Å². The Kier molecular flexibility index (Phi) is 4.73. The third-order valence-electron chi connectivity index (χ3n) is 2.67. The van der Waals surface area contributed by atoms with Crippen LogP contribution in [0.1, 0.15) is 29.1 Å². The number of furan rings is 1. The van der Waals surface area contributed by atoms with E-state index in [0.29, 0.717) is 23.8 Å². The molecule has 1 amide bonds. The Labute approximate surface area is 116 Å². The Morgan fingerprint density at radius 1 is 1.50 bits per heavy atom. The molecule has 2 aromatic rings. The second-order valence-electron chi connectivity index (χ2n) is 4.04. The van der Waals surface area contributed by atoms with Crippen molar-refractivity contribution in [3.8, 4) is 5.88 Å². The van der Waals surface area contributed by atoms with Crippen LogP contribution in [0.15, 0.2) is 41.1 Å². The van der Waals surface area contributed by atoms with Crippen LogP contribution in [0, 0.1) is 0 Å². The summed E-state index contributed by atoms with van der Waals surface area (Å²) in [5, 5.41) is 12.0. The lowest BCUT2D eigenvalue weighted by molar-refractivity contribution is 0.0907. The van der Waals surface area contributed by atoms with E-state index in [1.165, 1.54) is 12.5 Å². The molecular weight excluding hydrogens is 260 g/mol. The highest BCUT2D eigenvalue weighted by Crippen LogP contribution is 2.14. The van der Waals surface area contributed by atoms with Crippen LogP contribution in [0.3, 0.4) is 0 Å². The van der Waals surface area contributed by atoms with Gasteiger partial charge in [0.1, 0.15) is 11.8 Å². The molecule has 20 heavy (non-hydrogen) atoms. The molecule has 6 nitrogen and oxygen atoms in total. The van der Waals surface area contributed by atoms with Gasteiger partial charge in [-0.05, 0) is 25.1 Å². The monoisotopic (exact) mass is 276 g/mol. The molecule has 0 saturated carbocycles. The highest BCUT2D eigenvalue weighted by molar-refractivity contribution is 5.94. The van der Waals surface area contributed by atoms with Gasteiger partial charge in [0.05, 0.1) is 25.0 Å². The van der Waals surface area contributed by atoms with E-state index in [2.05, 4.69) is 10.3 Å². The molecule has 0 aliphatic rings. The Morgan fingerprint density at radius 2 is 2.35 bits per heavy atom.